The lowest BCUT2D eigenvalue weighted by Gasteiger charge is -2.15. The summed E-state index contributed by atoms with van der Waals surface area (Å²) < 4.78 is 58.9. The molecule has 0 unspecified atom stereocenters. The SMILES string of the molecule is CC1=C(C)[P+]1(c1ccccc1)C(C)C.O=S(=O)([O-])C(F)(F)F. The molecule has 0 aliphatic carbocycles. The number of allylic oxidation sites excluding steroid dienone is 2. The number of benzene rings is 1. The van der Waals surface area contributed by atoms with Gasteiger partial charge in [0.1, 0.15) is 23.2 Å². The minimum Gasteiger partial charge on any atom is -0.741 e. The summed E-state index contributed by atoms with van der Waals surface area (Å²) in [5.74, 6) is 0. The molecule has 0 saturated carbocycles. The lowest BCUT2D eigenvalue weighted by atomic mass is 10.4. The van der Waals surface area contributed by atoms with E-state index in [1.807, 2.05) is 0 Å². The molecule has 0 fully saturated rings. The van der Waals surface area contributed by atoms with Crippen molar-refractivity contribution in [2.45, 2.75) is 38.9 Å². The van der Waals surface area contributed by atoms with Gasteiger partial charge in [-0.05, 0) is 39.8 Å². The van der Waals surface area contributed by atoms with Crippen LogP contribution in [-0.4, -0.2) is 24.1 Å². The zero-order chi connectivity index (χ0) is 17.3. The predicted molar refractivity (Wildman–Crippen MR) is 82.3 cm³/mol. The number of rotatable bonds is 2. The fourth-order valence-corrected chi connectivity index (χ4v) is 7.56. The maximum Gasteiger partial charge on any atom is 0.485 e. The van der Waals surface area contributed by atoms with E-state index in [9.17, 15) is 13.2 Å². The van der Waals surface area contributed by atoms with Gasteiger partial charge in [-0.2, -0.15) is 13.2 Å². The van der Waals surface area contributed by atoms with Gasteiger partial charge in [0.15, 0.2) is 10.1 Å². The van der Waals surface area contributed by atoms with Crippen LogP contribution >= 0.6 is 7.26 Å². The molecule has 22 heavy (non-hydrogen) atoms. The third kappa shape index (κ3) is 3.53. The van der Waals surface area contributed by atoms with E-state index in [1.165, 1.54) is 0 Å². The van der Waals surface area contributed by atoms with E-state index < -0.39 is 22.9 Å². The van der Waals surface area contributed by atoms with Crippen molar-refractivity contribution in [1.29, 1.82) is 0 Å². The Labute approximate surface area is 129 Å². The molecule has 1 heterocycles. The Morgan fingerprint density at radius 2 is 1.41 bits per heavy atom. The molecule has 0 atom stereocenters. The minimum absolute atomic E-state index is 0.782. The molecule has 0 amide bonds. The molecule has 0 N–H and O–H groups in total. The molecule has 1 aromatic rings. The molecule has 8 heteroatoms. The highest BCUT2D eigenvalue weighted by Crippen LogP contribution is 2.87. The van der Waals surface area contributed by atoms with E-state index in [-0.39, 0.29) is 0 Å². The van der Waals surface area contributed by atoms with Gasteiger partial charge in [0.05, 0.1) is 5.66 Å². The molecule has 1 aromatic carbocycles. The van der Waals surface area contributed by atoms with Crippen LogP contribution in [-0.2, 0) is 10.1 Å². The summed E-state index contributed by atoms with van der Waals surface area (Å²) in [6.45, 7) is 9.35. The van der Waals surface area contributed by atoms with Crippen molar-refractivity contribution in [3.8, 4) is 0 Å². The summed E-state index contributed by atoms with van der Waals surface area (Å²) in [5.41, 5.74) is -4.86. The van der Waals surface area contributed by atoms with Crippen molar-refractivity contribution in [2.24, 2.45) is 0 Å². The van der Waals surface area contributed by atoms with Crippen molar-refractivity contribution in [1.82, 2.24) is 0 Å². The van der Waals surface area contributed by atoms with E-state index in [0.717, 1.165) is 5.66 Å². The van der Waals surface area contributed by atoms with Crippen LogP contribution in [0.5, 0.6) is 0 Å². The van der Waals surface area contributed by atoms with E-state index in [4.69, 9.17) is 13.0 Å². The summed E-state index contributed by atoms with van der Waals surface area (Å²) in [7, 11) is -7.06. The van der Waals surface area contributed by atoms with Gasteiger partial charge in [-0.15, -0.1) is 0 Å². The topological polar surface area (TPSA) is 57.2 Å². The van der Waals surface area contributed by atoms with E-state index in [2.05, 4.69) is 58.0 Å². The third-order valence-corrected chi connectivity index (χ3v) is 9.55. The molecule has 2 rings (SSSR count). The maximum atomic E-state index is 10.7. The molecule has 1 aliphatic rings. The molecule has 0 aromatic heterocycles. The van der Waals surface area contributed by atoms with E-state index in [0.29, 0.717) is 0 Å². The highest BCUT2D eigenvalue weighted by atomic mass is 32.2. The summed E-state index contributed by atoms with van der Waals surface area (Å²) in [4.78, 5) is 0. The highest BCUT2D eigenvalue weighted by Gasteiger charge is 2.62. The third-order valence-electron chi connectivity index (χ3n) is 3.75. The molecular formula is C14H18F3O3PS. The van der Waals surface area contributed by atoms with Gasteiger partial charge in [-0.25, -0.2) is 8.42 Å². The average molecular weight is 354 g/mol. The van der Waals surface area contributed by atoms with Gasteiger partial charge >= 0.3 is 5.51 Å². The molecule has 1 aliphatic heterocycles. The molecule has 0 spiro atoms. The van der Waals surface area contributed by atoms with Gasteiger partial charge in [-0.1, -0.05) is 18.2 Å². The minimum atomic E-state index is -6.09. The first-order chi connectivity index (χ1) is 9.86. The standard InChI is InChI=1S/C13H18P.CHF3O3S/c1-10(2)14(11(3)12(14)4)13-8-6-5-7-9-13;2-1(3,4)8(5,6)7/h5-10H,1-4H3;(H,5,6,7)/q+1;/p-1. The van der Waals surface area contributed by atoms with Crippen LogP contribution in [0.3, 0.4) is 0 Å². The van der Waals surface area contributed by atoms with E-state index in [1.54, 1.807) is 15.9 Å². The quantitative estimate of drug-likeness (QED) is 0.457. The predicted octanol–water partition coefficient (Wildman–Crippen LogP) is 4.05. The monoisotopic (exact) mass is 354 g/mol. The van der Waals surface area contributed by atoms with Crippen molar-refractivity contribution < 1.29 is 26.1 Å². The molecule has 0 bridgehead atoms. The van der Waals surface area contributed by atoms with Crippen LogP contribution in [0.15, 0.2) is 41.0 Å². The highest BCUT2D eigenvalue weighted by molar-refractivity contribution is 7.96. The number of alkyl halides is 3. The summed E-state index contributed by atoms with van der Waals surface area (Å²) in [6, 6.07) is 11.0. The lowest BCUT2D eigenvalue weighted by molar-refractivity contribution is -0.0517. The smallest absolute Gasteiger partial charge is 0.485 e. The Bertz CT molecular complexity index is 652. The Kier molecular flexibility index (Phi) is 5.48. The average Bonchev–Trinajstić information content (AvgIpc) is 2.92. The van der Waals surface area contributed by atoms with Crippen molar-refractivity contribution in [3.63, 3.8) is 0 Å². The van der Waals surface area contributed by atoms with Crippen molar-refractivity contribution in [3.05, 3.63) is 41.0 Å². The summed E-state index contributed by atoms with van der Waals surface area (Å²) in [5, 5.41) is 4.93. The molecular weight excluding hydrogens is 336 g/mol. The fourth-order valence-electron chi connectivity index (χ4n) is 2.64. The number of hydrogen-bond acceptors (Lipinski definition) is 3. The first-order valence-corrected chi connectivity index (χ1v) is 9.78. The molecule has 0 saturated heterocycles. The molecule has 0 radical (unpaired) electrons. The molecule has 3 nitrogen and oxygen atoms in total. The Balaban J connectivity index is 0.000000261. The van der Waals surface area contributed by atoms with E-state index >= 15 is 0 Å². The second-order valence-electron chi connectivity index (χ2n) is 5.22. The zero-order valence-electron chi connectivity index (χ0n) is 12.7. The van der Waals surface area contributed by atoms with Crippen LogP contribution in [0.1, 0.15) is 27.7 Å². The van der Waals surface area contributed by atoms with Crippen LogP contribution in [0.2, 0.25) is 0 Å². The first-order valence-electron chi connectivity index (χ1n) is 6.52. The van der Waals surface area contributed by atoms with Gasteiger partial charge in [0.2, 0.25) is 0 Å². The van der Waals surface area contributed by atoms with Gasteiger partial charge in [0, 0.05) is 0 Å². The van der Waals surface area contributed by atoms with Crippen molar-refractivity contribution in [2.75, 3.05) is 0 Å². The second kappa shape index (κ2) is 6.30. The van der Waals surface area contributed by atoms with Crippen LogP contribution in [0.4, 0.5) is 13.2 Å². The van der Waals surface area contributed by atoms with Crippen LogP contribution in [0, 0.1) is 0 Å². The Hall–Kier alpha value is -0.910. The Morgan fingerprint density at radius 1 is 1.05 bits per heavy atom. The first kappa shape index (κ1) is 19.1. The normalized spacial score (nSPS) is 17.1. The largest absolute Gasteiger partial charge is 0.741 e. The number of halogens is 3. The molecule has 124 valence electrons. The van der Waals surface area contributed by atoms with Gasteiger partial charge < -0.3 is 4.55 Å². The van der Waals surface area contributed by atoms with Gasteiger partial charge in [0.25, 0.3) is 0 Å². The van der Waals surface area contributed by atoms with Crippen molar-refractivity contribution >= 4 is 22.7 Å². The lowest BCUT2D eigenvalue weighted by Crippen LogP contribution is -2.21. The summed E-state index contributed by atoms with van der Waals surface area (Å²) in [6.07, 6.45) is 0. The zero-order valence-corrected chi connectivity index (χ0v) is 14.4. The number of hydrogen-bond donors (Lipinski definition) is 0. The fraction of sp³-hybridized carbons (Fsp3) is 0.429. The summed E-state index contributed by atoms with van der Waals surface area (Å²) >= 11 is 0. The second-order valence-corrected chi connectivity index (χ2v) is 10.9. The van der Waals surface area contributed by atoms with Crippen LogP contribution < -0.4 is 5.30 Å². The van der Waals surface area contributed by atoms with Crippen LogP contribution in [0.25, 0.3) is 0 Å². The van der Waals surface area contributed by atoms with Gasteiger partial charge in [-0.3, -0.25) is 0 Å². The maximum absolute atomic E-state index is 10.7. The Morgan fingerprint density at radius 3 is 1.64 bits per heavy atom.